The van der Waals surface area contributed by atoms with E-state index in [9.17, 15) is 4.79 Å². The summed E-state index contributed by atoms with van der Waals surface area (Å²) in [5, 5.41) is 0.607. The first-order valence-corrected chi connectivity index (χ1v) is 6.52. The highest BCUT2D eigenvalue weighted by atomic mass is 35.5. The van der Waals surface area contributed by atoms with E-state index < -0.39 is 0 Å². The van der Waals surface area contributed by atoms with Gasteiger partial charge in [-0.25, -0.2) is 0 Å². The second-order valence-electron chi connectivity index (χ2n) is 4.24. The number of nitrogens with zero attached hydrogens (tertiary/aromatic N) is 1. The van der Waals surface area contributed by atoms with E-state index >= 15 is 0 Å². The Balaban J connectivity index is 3.14. The largest absolute Gasteiger partial charge is 0.383 e. The second-order valence-corrected chi connectivity index (χ2v) is 4.65. The van der Waals surface area contributed by atoms with Crippen LogP contribution in [-0.4, -0.2) is 32.6 Å². The molecule has 0 aliphatic heterocycles. The molecule has 0 saturated heterocycles. The summed E-state index contributed by atoms with van der Waals surface area (Å²) in [6.45, 7) is 5.55. The van der Waals surface area contributed by atoms with Gasteiger partial charge in [0.2, 0.25) is 0 Å². The molecule has 18 heavy (non-hydrogen) atoms. The molecule has 0 aliphatic rings. The Bertz CT molecular complexity index is 395. The first-order valence-electron chi connectivity index (χ1n) is 6.15. The van der Waals surface area contributed by atoms with Gasteiger partial charge in [0.25, 0.3) is 0 Å². The third-order valence-corrected chi connectivity index (χ3v) is 3.40. The minimum Gasteiger partial charge on any atom is -0.383 e. The molecule has 3 nitrogen and oxygen atoms in total. The molecule has 0 fully saturated rings. The first kappa shape index (κ1) is 15.0. The summed E-state index contributed by atoms with van der Waals surface area (Å²) in [5.41, 5.74) is 1.43. The number of rotatable bonds is 7. The van der Waals surface area contributed by atoms with Crippen molar-refractivity contribution in [2.45, 2.75) is 26.3 Å². The number of carbonyl (C=O) groups is 1. The van der Waals surface area contributed by atoms with Gasteiger partial charge in [-0.05, 0) is 25.5 Å². The van der Waals surface area contributed by atoms with Gasteiger partial charge in [-0.3, -0.25) is 4.79 Å². The van der Waals surface area contributed by atoms with E-state index in [0.29, 0.717) is 23.2 Å². The maximum Gasteiger partial charge on any atom is 0.152 e. The maximum absolute atomic E-state index is 11.2. The summed E-state index contributed by atoms with van der Waals surface area (Å²) in [5.74, 6) is 0. The van der Waals surface area contributed by atoms with E-state index in [1.165, 1.54) is 0 Å². The lowest BCUT2D eigenvalue weighted by molar-refractivity contribution is 0.112. The average Bonchev–Trinajstić information content (AvgIpc) is 2.39. The number of benzene rings is 1. The summed E-state index contributed by atoms with van der Waals surface area (Å²) in [4.78, 5) is 13.3. The standard InChI is InChI=1S/C14H20ClNO2/c1-4-11(2)16(8-9-18-3)14-12(10-17)6-5-7-13(14)15/h5-7,10-11H,4,8-9H2,1-3H3. The zero-order valence-electron chi connectivity index (χ0n) is 11.1. The highest BCUT2D eigenvalue weighted by Gasteiger charge is 2.18. The molecule has 0 aromatic heterocycles. The molecule has 0 amide bonds. The Labute approximate surface area is 114 Å². The Morgan fingerprint density at radius 1 is 1.50 bits per heavy atom. The van der Waals surface area contributed by atoms with Crippen molar-refractivity contribution in [3.05, 3.63) is 28.8 Å². The molecule has 0 bridgehead atoms. The number of halogens is 1. The van der Waals surface area contributed by atoms with Gasteiger partial charge in [0.1, 0.15) is 0 Å². The molecule has 1 rings (SSSR count). The van der Waals surface area contributed by atoms with E-state index in [2.05, 4.69) is 18.7 Å². The summed E-state index contributed by atoms with van der Waals surface area (Å²) in [7, 11) is 1.67. The van der Waals surface area contributed by atoms with Gasteiger partial charge in [-0.1, -0.05) is 24.6 Å². The molecule has 1 unspecified atom stereocenters. The van der Waals surface area contributed by atoms with Crippen molar-refractivity contribution >= 4 is 23.6 Å². The van der Waals surface area contributed by atoms with E-state index in [4.69, 9.17) is 16.3 Å². The van der Waals surface area contributed by atoms with Crippen molar-refractivity contribution in [1.29, 1.82) is 0 Å². The van der Waals surface area contributed by atoms with Crippen LogP contribution in [0.2, 0.25) is 5.02 Å². The van der Waals surface area contributed by atoms with Crippen molar-refractivity contribution in [3.8, 4) is 0 Å². The van der Waals surface area contributed by atoms with Gasteiger partial charge >= 0.3 is 0 Å². The van der Waals surface area contributed by atoms with E-state index in [-0.39, 0.29) is 0 Å². The van der Waals surface area contributed by atoms with Gasteiger partial charge in [-0.2, -0.15) is 0 Å². The number of para-hydroxylation sites is 1. The molecule has 0 heterocycles. The monoisotopic (exact) mass is 269 g/mol. The van der Waals surface area contributed by atoms with Crippen LogP contribution in [0.1, 0.15) is 30.6 Å². The van der Waals surface area contributed by atoms with Crippen LogP contribution in [0.25, 0.3) is 0 Å². The fourth-order valence-electron chi connectivity index (χ4n) is 1.89. The zero-order chi connectivity index (χ0) is 13.5. The number of hydrogen-bond donors (Lipinski definition) is 0. The molecule has 1 atom stereocenters. The molecule has 1 aromatic carbocycles. The lowest BCUT2D eigenvalue weighted by Gasteiger charge is -2.32. The van der Waals surface area contributed by atoms with Crippen molar-refractivity contribution in [2.24, 2.45) is 0 Å². The lowest BCUT2D eigenvalue weighted by atomic mass is 10.1. The number of carbonyl (C=O) groups excluding carboxylic acids is 1. The van der Waals surface area contributed by atoms with Gasteiger partial charge in [0.15, 0.2) is 6.29 Å². The number of aldehydes is 1. The Kier molecular flexibility index (Phi) is 6.16. The number of methoxy groups -OCH3 is 1. The summed E-state index contributed by atoms with van der Waals surface area (Å²) in [6, 6.07) is 5.70. The summed E-state index contributed by atoms with van der Waals surface area (Å²) in [6.07, 6.45) is 1.83. The zero-order valence-corrected chi connectivity index (χ0v) is 11.9. The fraction of sp³-hybridized carbons (Fsp3) is 0.500. The van der Waals surface area contributed by atoms with E-state index in [1.54, 1.807) is 19.2 Å². The first-order chi connectivity index (χ1) is 8.65. The minimum absolute atomic E-state index is 0.304. The molecule has 0 radical (unpaired) electrons. The molecular weight excluding hydrogens is 250 g/mol. The predicted octanol–water partition coefficient (Wildman–Crippen LogP) is 3.40. The highest BCUT2D eigenvalue weighted by Crippen LogP contribution is 2.30. The SMILES string of the molecule is CCC(C)N(CCOC)c1c(Cl)cccc1C=O. The van der Waals surface area contributed by atoms with Crippen LogP contribution in [0.3, 0.4) is 0 Å². The Morgan fingerprint density at radius 2 is 2.22 bits per heavy atom. The molecule has 4 heteroatoms. The molecule has 0 aliphatic carbocycles. The van der Waals surface area contributed by atoms with Crippen LogP contribution in [0.4, 0.5) is 5.69 Å². The van der Waals surface area contributed by atoms with Gasteiger partial charge in [0.05, 0.1) is 17.3 Å². The number of anilines is 1. The average molecular weight is 270 g/mol. The van der Waals surface area contributed by atoms with Gasteiger partial charge in [-0.15, -0.1) is 0 Å². The van der Waals surface area contributed by atoms with Crippen molar-refractivity contribution in [1.82, 2.24) is 0 Å². The molecule has 0 N–H and O–H groups in total. The van der Waals surface area contributed by atoms with Crippen LogP contribution in [0, 0.1) is 0 Å². The van der Waals surface area contributed by atoms with Crippen LogP contribution >= 0.6 is 11.6 Å². The summed E-state index contributed by atoms with van der Waals surface area (Å²) < 4.78 is 5.13. The van der Waals surface area contributed by atoms with Crippen LogP contribution < -0.4 is 4.90 Å². The van der Waals surface area contributed by atoms with Crippen molar-refractivity contribution < 1.29 is 9.53 Å². The molecule has 1 aromatic rings. The van der Waals surface area contributed by atoms with Crippen LogP contribution in [0.15, 0.2) is 18.2 Å². The third-order valence-electron chi connectivity index (χ3n) is 3.09. The lowest BCUT2D eigenvalue weighted by Crippen LogP contribution is -2.36. The molecular formula is C14H20ClNO2. The van der Waals surface area contributed by atoms with Gasteiger partial charge < -0.3 is 9.64 Å². The number of hydrogen-bond acceptors (Lipinski definition) is 3. The van der Waals surface area contributed by atoms with E-state index in [0.717, 1.165) is 24.9 Å². The van der Waals surface area contributed by atoms with Crippen LogP contribution in [0.5, 0.6) is 0 Å². The normalized spacial score (nSPS) is 12.2. The Morgan fingerprint density at radius 3 is 2.78 bits per heavy atom. The highest BCUT2D eigenvalue weighted by molar-refractivity contribution is 6.33. The smallest absolute Gasteiger partial charge is 0.152 e. The van der Waals surface area contributed by atoms with Crippen molar-refractivity contribution in [2.75, 3.05) is 25.2 Å². The van der Waals surface area contributed by atoms with Crippen molar-refractivity contribution in [3.63, 3.8) is 0 Å². The Hall–Kier alpha value is -1.06. The minimum atomic E-state index is 0.304. The van der Waals surface area contributed by atoms with Gasteiger partial charge in [0, 0.05) is 25.3 Å². The second kappa shape index (κ2) is 7.39. The van der Waals surface area contributed by atoms with E-state index in [1.807, 2.05) is 6.07 Å². The van der Waals surface area contributed by atoms with Crippen LogP contribution in [-0.2, 0) is 4.74 Å². The fourth-order valence-corrected chi connectivity index (χ4v) is 2.18. The third kappa shape index (κ3) is 3.47. The maximum atomic E-state index is 11.2. The molecule has 100 valence electrons. The topological polar surface area (TPSA) is 29.5 Å². The number of ether oxygens (including phenoxy) is 1. The molecule has 0 spiro atoms. The predicted molar refractivity (Wildman–Crippen MR) is 75.8 cm³/mol. The quantitative estimate of drug-likeness (QED) is 0.711. The summed E-state index contributed by atoms with van der Waals surface area (Å²) >= 11 is 6.24. The molecule has 0 saturated carbocycles.